The second kappa shape index (κ2) is 5.79. The summed E-state index contributed by atoms with van der Waals surface area (Å²) in [4.78, 5) is 22.8. The van der Waals surface area contributed by atoms with E-state index in [4.69, 9.17) is 0 Å². The topological polar surface area (TPSA) is 58.2 Å². The maximum absolute atomic E-state index is 12.2. The summed E-state index contributed by atoms with van der Waals surface area (Å²) in [5.74, 6) is -0.0674. The monoisotopic (exact) mass is 280 g/mol. The van der Waals surface area contributed by atoms with E-state index in [1.165, 1.54) is 5.56 Å². The van der Waals surface area contributed by atoms with Crippen LogP contribution in [-0.4, -0.2) is 12.3 Å². The fourth-order valence-electron chi connectivity index (χ4n) is 2.74. The number of fused-ring (bicyclic) bond motifs is 1. The summed E-state index contributed by atoms with van der Waals surface area (Å²) in [6, 6.07) is 15.0. The Morgan fingerprint density at radius 2 is 1.95 bits per heavy atom. The zero-order valence-corrected chi connectivity index (χ0v) is 11.5. The van der Waals surface area contributed by atoms with Gasteiger partial charge in [0, 0.05) is 11.3 Å². The molecule has 0 saturated heterocycles. The highest BCUT2D eigenvalue weighted by Crippen LogP contribution is 2.33. The van der Waals surface area contributed by atoms with Crippen LogP contribution in [0.2, 0.25) is 0 Å². The average Bonchev–Trinajstić information content (AvgIpc) is 2.91. The van der Waals surface area contributed by atoms with Gasteiger partial charge in [-0.3, -0.25) is 9.59 Å². The molecule has 1 atom stereocenters. The highest BCUT2D eigenvalue weighted by molar-refractivity contribution is 5.94. The number of hydrogen-bond acceptors (Lipinski definition) is 2. The van der Waals surface area contributed by atoms with Crippen molar-refractivity contribution in [2.24, 2.45) is 0 Å². The Bertz CT molecular complexity index is 668. The van der Waals surface area contributed by atoms with Crippen LogP contribution in [0.5, 0.6) is 0 Å². The summed E-state index contributed by atoms with van der Waals surface area (Å²) in [7, 11) is 0. The van der Waals surface area contributed by atoms with Crippen LogP contribution >= 0.6 is 0 Å². The Balaban J connectivity index is 1.79. The predicted octanol–water partition coefficient (Wildman–Crippen LogP) is 2.67. The summed E-state index contributed by atoms with van der Waals surface area (Å²) in [6.07, 6.45) is 2.49. The molecule has 0 bridgehead atoms. The first-order chi connectivity index (χ1) is 10.3. The van der Waals surface area contributed by atoms with Crippen LogP contribution in [0.25, 0.3) is 0 Å². The largest absolute Gasteiger partial charge is 0.345 e. The molecular formula is C17H16N2O2. The fourth-order valence-corrected chi connectivity index (χ4v) is 2.74. The molecule has 0 saturated carbocycles. The van der Waals surface area contributed by atoms with E-state index >= 15 is 0 Å². The SMILES string of the molecule is O=CNc1ccc2c(c1)C(NC(=O)c1ccccc1)CC2. The molecule has 4 heteroatoms. The summed E-state index contributed by atoms with van der Waals surface area (Å²) >= 11 is 0. The quantitative estimate of drug-likeness (QED) is 0.846. The fraction of sp³-hybridized carbons (Fsp3) is 0.176. The van der Waals surface area contributed by atoms with Gasteiger partial charge in [-0.2, -0.15) is 0 Å². The Morgan fingerprint density at radius 3 is 2.71 bits per heavy atom. The zero-order chi connectivity index (χ0) is 14.7. The second-order valence-corrected chi connectivity index (χ2v) is 5.11. The van der Waals surface area contributed by atoms with Gasteiger partial charge in [-0.1, -0.05) is 24.3 Å². The molecule has 4 nitrogen and oxygen atoms in total. The van der Waals surface area contributed by atoms with Crippen molar-refractivity contribution in [1.29, 1.82) is 0 Å². The molecule has 3 rings (SSSR count). The third kappa shape index (κ3) is 2.79. The third-order valence-corrected chi connectivity index (χ3v) is 3.79. The maximum atomic E-state index is 12.2. The molecule has 106 valence electrons. The summed E-state index contributed by atoms with van der Waals surface area (Å²) in [6.45, 7) is 0. The lowest BCUT2D eigenvalue weighted by Crippen LogP contribution is -2.27. The molecule has 1 aliphatic carbocycles. The van der Waals surface area contributed by atoms with Crippen molar-refractivity contribution in [3.63, 3.8) is 0 Å². The van der Waals surface area contributed by atoms with Crippen molar-refractivity contribution in [3.8, 4) is 0 Å². The molecule has 2 aromatic rings. The van der Waals surface area contributed by atoms with Gasteiger partial charge >= 0.3 is 0 Å². The Morgan fingerprint density at radius 1 is 1.14 bits per heavy atom. The minimum absolute atomic E-state index is 0.00103. The summed E-state index contributed by atoms with van der Waals surface area (Å²) in [5.41, 5.74) is 3.73. The maximum Gasteiger partial charge on any atom is 0.251 e. The highest BCUT2D eigenvalue weighted by atomic mass is 16.1. The lowest BCUT2D eigenvalue weighted by atomic mass is 10.1. The van der Waals surface area contributed by atoms with Gasteiger partial charge in [-0.25, -0.2) is 0 Å². The van der Waals surface area contributed by atoms with Crippen LogP contribution < -0.4 is 10.6 Å². The number of anilines is 1. The second-order valence-electron chi connectivity index (χ2n) is 5.11. The van der Waals surface area contributed by atoms with E-state index in [1.54, 1.807) is 12.1 Å². The number of hydrogen-bond donors (Lipinski definition) is 2. The van der Waals surface area contributed by atoms with E-state index in [0.717, 1.165) is 24.1 Å². The molecule has 0 radical (unpaired) electrons. The molecular weight excluding hydrogens is 264 g/mol. The van der Waals surface area contributed by atoms with Crippen molar-refractivity contribution < 1.29 is 9.59 Å². The third-order valence-electron chi connectivity index (χ3n) is 3.79. The van der Waals surface area contributed by atoms with E-state index < -0.39 is 0 Å². The predicted molar refractivity (Wildman–Crippen MR) is 81.1 cm³/mol. The molecule has 21 heavy (non-hydrogen) atoms. The van der Waals surface area contributed by atoms with Crippen molar-refractivity contribution in [1.82, 2.24) is 5.32 Å². The van der Waals surface area contributed by atoms with Gasteiger partial charge in [0.1, 0.15) is 0 Å². The number of rotatable bonds is 4. The molecule has 0 aromatic heterocycles. The first-order valence-corrected chi connectivity index (χ1v) is 6.97. The van der Waals surface area contributed by atoms with E-state index in [0.29, 0.717) is 12.0 Å². The lowest BCUT2D eigenvalue weighted by molar-refractivity contribution is -0.105. The Kier molecular flexibility index (Phi) is 3.69. The van der Waals surface area contributed by atoms with Crippen molar-refractivity contribution in [2.45, 2.75) is 18.9 Å². The van der Waals surface area contributed by atoms with Crippen molar-refractivity contribution in [2.75, 3.05) is 5.32 Å². The molecule has 2 aromatic carbocycles. The first kappa shape index (κ1) is 13.4. The molecule has 0 heterocycles. The van der Waals surface area contributed by atoms with Crippen molar-refractivity contribution >= 4 is 18.0 Å². The molecule has 1 aliphatic rings. The molecule has 0 fully saturated rings. The van der Waals surface area contributed by atoms with Gasteiger partial charge in [0.05, 0.1) is 6.04 Å². The Labute approximate surface area is 123 Å². The molecule has 0 aliphatic heterocycles. The van der Waals surface area contributed by atoms with Crippen molar-refractivity contribution in [3.05, 3.63) is 65.2 Å². The van der Waals surface area contributed by atoms with Crippen LogP contribution in [0.4, 0.5) is 5.69 Å². The van der Waals surface area contributed by atoms with Gasteiger partial charge in [0.15, 0.2) is 0 Å². The van der Waals surface area contributed by atoms with E-state index in [9.17, 15) is 9.59 Å². The number of carbonyl (C=O) groups is 2. The van der Waals surface area contributed by atoms with Gasteiger partial charge in [0.2, 0.25) is 6.41 Å². The minimum Gasteiger partial charge on any atom is -0.345 e. The van der Waals surface area contributed by atoms with Crippen LogP contribution in [0, 0.1) is 0 Å². The molecule has 1 unspecified atom stereocenters. The van der Waals surface area contributed by atoms with E-state index in [1.807, 2.05) is 36.4 Å². The summed E-state index contributed by atoms with van der Waals surface area (Å²) in [5, 5.41) is 5.72. The zero-order valence-electron chi connectivity index (χ0n) is 11.5. The van der Waals surface area contributed by atoms with Crippen LogP contribution in [-0.2, 0) is 11.2 Å². The minimum atomic E-state index is -0.0674. The summed E-state index contributed by atoms with van der Waals surface area (Å²) < 4.78 is 0. The molecule has 0 spiro atoms. The van der Waals surface area contributed by atoms with E-state index in [2.05, 4.69) is 10.6 Å². The average molecular weight is 280 g/mol. The standard InChI is InChI=1S/C17H16N2O2/c20-11-18-14-8-6-12-7-9-16(15(12)10-14)19-17(21)13-4-2-1-3-5-13/h1-6,8,10-11,16H,7,9H2,(H,18,20)(H,19,21). The smallest absolute Gasteiger partial charge is 0.251 e. The van der Waals surface area contributed by atoms with E-state index in [-0.39, 0.29) is 11.9 Å². The van der Waals surface area contributed by atoms with Gasteiger partial charge in [-0.05, 0) is 48.2 Å². The normalized spacial score (nSPS) is 16.1. The molecule has 2 amide bonds. The highest BCUT2D eigenvalue weighted by Gasteiger charge is 2.24. The van der Waals surface area contributed by atoms with Gasteiger partial charge < -0.3 is 10.6 Å². The number of amides is 2. The Hall–Kier alpha value is -2.62. The van der Waals surface area contributed by atoms with Crippen LogP contribution in [0.3, 0.4) is 0 Å². The number of benzene rings is 2. The van der Waals surface area contributed by atoms with Gasteiger partial charge in [0.25, 0.3) is 5.91 Å². The van der Waals surface area contributed by atoms with Crippen LogP contribution in [0.1, 0.15) is 33.9 Å². The number of carbonyl (C=O) groups excluding carboxylic acids is 2. The lowest BCUT2D eigenvalue weighted by Gasteiger charge is -2.15. The number of aryl methyl sites for hydroxylation is 1. The molecule has 2 N–H and O–H groups in total. The number of nitrogens with one attached hydrogen (secondary N) is 2. The van der Waals surface area contributed by atoms with Gasteiger partial charge in [-0.15, -0.1) is 0 Å². The van der Waals surface area contributed by atoms with Crippen LogP contribution in [0.15, 0.2) is 48.5 Å². The first-order valence-electron chi connectivity index (χ1n) is 6.97.